The van der Waals surface area contributed by atoms with Crippen LogP contribution in [-0.4, -0.2) is 17.6 Å². The van der Waals surface area contributed by atoms with E-state index in [9.17, 15) is 4.79 Å². The predicted molar refractivity (Wildman–Crippen MR) is 44.3 cm³/mol. The summed E-state index contributed by atoms with van der Waals surface area (Å²) in [6, 6.07) is 0. The Hall–Kier alpha value is -0.570. The van der Waals surface area contributed by atoms with Gasteiger partial charge in [-0.2, -0.15) is 0 Å². The normalized spacial score (nSPS) is 14.5. The van der Waals surface area contributed by atoms with Gasteiger partial charge in [0.2, 0.25) is 0 Å². The van der Waals surface area contributed by atoms with Crippen molar-refractivity contribution in [3.05, 3.63) is 0 Å². The average Bonchev–Trinajstić information content (AvgIpc) is 1.80. The fourth-order valence-electron chi connectivity index (χ4n) is 1.01. The van der Waals surface area contributed by atoms with E-state index >= 15 is 0 Å². The zero-order chi connectivity index (χ0) is 9.07. The highest BCUT2D eigenvalue weighted by atomic mass is 16.4. The first-order valence-corrected chi connectivity index (χ1v) is 3.79. The lowest BCUT2D eigenvalue weighted by molar-refractivity contribution is -0.142. The molecular formula is C8H17NO2. The second-order valence-electron chi connectivity index (χ2n) is 4.04. The van der Waals surface area contributed by atoms with Crippen molar-refractivity contribution in [1.82, 2.24) is 0 Å². The molecule has 0 aliphatic heterocycles. The van der Waals surface area contributed by atoms with Crippen LogP contribution in [0.3, 0.4) is 0 Å². The van der Waals surface area contributed by atoms with Crippen molar-refractivity contribution < 1.29 is 9.90 Å². The van der Waals surface area contributed by atoms with Crippen molar-refractivity contribution in [2.24, 2.45) is 17.1 Å². The number of carbonyl (C=O) groups is 1. The van der Waals surface area contributed by atoms with Crippen LogP contribution in [0, 0.1) is 11.3 Å². The second kappa shape index (κ2) is 3.72. The van der Waals surface area contributed by atoms with Crippen molar-refractivity contribution >= 4 is 5.97 Å². The molecular weight excluding hydrogens is 142 g/mol. The first-order chi connectivity index (χ1) is 4.87. The summed E-state index contributed by atoms with van der Waals surface area (Å²) < 4.78 is 0. The summed E-state index contributed by atoms with van der Waals surface area (Å²) >= 11 is 0. The molecule has 0 saturated heterocycles. The Balaban J connectivity index is 3.99. The minimum atomic E-state index is -0.789. The van der Waals surface area contributed by atoms with Gasteiger partial charge in [0, 0.05) is 6.54 Å². The third-order valence-corrected chi connectivity index (χ3v) is 1.49. The summed E-state index contributed by atoms with van der Waals surface area (Å²) in [5.41, 5.74) is 5.34. The highest BCUT2D eigenvalue weighted by Crippen LogP contribution is 2.23. The minimum absolute atomic E-state index is 0.0441. The third kappa shape index (κ3) is 4.79. The number of hydrogen-bond acceptors (Lipinski definition) is 2. The van der Waals surface area contributed by atoms with Gasteiger partial charge in [0.25, 0.3) is 0 Å². The topological polar surface area (TPSA) is 63.3 Å². The highest BCUT2D eigenvalue weighted by Gasteiger charge is 2.22. The van der Waals surface area contributed by atoms with E-state index in [1.165, 1.54) is 0 Å². The number of hydrogen-bond donors (Lipinski definition) is 2. The molecule has 0 fully saturated rings. The van der Waals surface area contributed by atoms with Crippen LogP contribution in [0.2, 0.25) is 0 Å². The SMILES string of the molecule is CC(C)(C)CC(CN)C(=O)O. The lowest BCUT2D eigenvalue weighted by atomic mass is 9.85. The summed E-state index contributed by atoms with van der Waals surface area (Å²) in [6.45, 7) is 6.27. The number of rotatable bonds is 3. The molecule has 0 amide bonds. The molecule has 0 spiro atoms. The maximum Gasteiger partial charge on any atom is 0.307 e. The molecule has 0 bridgehead atoms. The van der Waals surface area contributed by atoms with E-state index in [0.29, 0.717) is 6.42 Å². The van der Waals surface area contributed by atoms with Crippen LogP contribution in [0.25, 0.3) is 0 Å². The van der Waals surface area contributed by atoms with Gasteiger partial charge in [0.1, 0.15) is 0 Å². The molecule has 3 N–H and O–H groups in total. The lowest BCUT2D eigenvalue weighted by Gasteiger charge is -2.21. The van der Waals surface area contributed by atoms with Gasteiger partial charge >= 0.3 is 5.97 Å². The molecule has 0 aliphatic carbocycles. The molecule has 66 valence electrons. The summed E-state index contributed by atoms with van der Waals surface area (Å²) in [5.74, 6) is -1.18. The van der Waals surface area contributed by atoms with Crippen molar-refractivity contribution in [2.45, 2.75) is 27.2 Å². The van der Waals surface area contributed by atoms with Crippen LogP contribution < -0.4 is 5.73 Å². The van der Waals surface area contributed by atoms with E-state index in [0.717, 1.165) is 0 Å². The van der Waals surface area contributed by atoms with E-state index in [1.54, 1.807) is 0 Å². The van der Waals surface area contributed by atoms with Crippen molar-refractivity contribution in [1.29, 1.82) is 0 Å². The van der Waals surface area contributed by atoms with Gasteiger partial charge in [-0.1, -0.05) is 20.8 Å². The Kier molecular flexibility index (Phi) is 3.52. The standard InChI is InChI=1S/C8H17NO2/c1-8(2,3)4-6(5-9)7(10)11/h6H,4-5,9H2,1-3H3,(H,10,11). The molecule has 0 heterocycles. The smallest absolute Gasteiger partial charge is 0.307 e. The fourth-order valence-corrected chi connectivity index (χ4v) is 1.01. The lowest BCUT2D eigenvalue weighted by Crippen LogP contribution is -2.27. The molecule has 1 atom stereocenters. The van der Waals surface area contributed by atoms with E-state index in [-0.39, 0.29) is 12.0 Å². The van der Waals surface area contributed by atoms with Crippen LogP contribution in [0.1, 0.15) is 27.2 Å². The first-order valence-electron chi connectivity index (χ1n) is 3.79. The Morgan fingerprint density at radius 1 is 1.55 bits per heavy atom. The van der Waals surface area contributed by atoms with E-state index in [4.69, 9.17) is 10.8 Å². The Labute approximate surface area is 67.6 Å². The number of nitrogens with two attached hydrogens (primary N) is 1. The van der Waals surface area contributed by atoms with Crippen molar-refractivity contribution in [3.63, 3.8) is 0 Å². The van der Waals surface area contributed by atoms with Gasteiger partial charge in [0.15, 0.2) is 0 Å². The summed E-state index contributed by atoms with van der Waals surface area (Å²) in [7, 11) is 0. The minimum Gasteiger partial charge on any atom is -0.481 e. The van der Waals surface area contributed by atoms with Gasteiger partial charge < -0.3 is 10.8 Å². The quantitative estimate of drug-likeness (QED) is 0.647. The molecule has 0 rings (SSSR count). The maximum atomic E-state index is 10.5. The zero-order valence-electron chi connectivity index (χ0n) is 7.42. The van der Waals surface area contributed by atoms with Crippen LogP contribution in [0.15, 0.2) is 0 Å². The van der Waals surface area contributed by atoms with Crippen LogP contribution in [-0.2, 0) is 4.79 Å². The van der Waals surface area contributed by atoms with Gasteiger partial charge in [-0.25, -0.2) is 0 Å². The molecule has 11 heavy (non-hydrogen) atoms. The molecule has 0 aromatic rings. The summed E-state index contributed by atoms with van der Waals surface area (Å²) in [6.07, 6.45) is 0.638. The Morgan fingerprint density at radius 2 is 2.00 bits per heavy atom. The molecule has 0 aromatic heterocycles. The van der Waals surface area contributed by atoms with Crippen LogP contribution in [0.4, 0.5) is 0 Å². The zero-order valence-corrected chi connectivity index (χ0v) is 7.42. The van der Waals surface area contributed by atoms with Gasteiger partial charge in [-0.15, -0.1) is 0 Å². The Bertz CT molecular complexity index is 138. The monoisotopic (exact) mass is 159 g/mol. The summed E-state index contributed by atoms with van der Waals surface area (Å²) in [5, 5.41) is 8.66. The molecule has 0 aromatic carbocycles. The number of carboxylic acids is 1. The predicted octanol–water partition coefficient (Wildman–Crippen LogP) is 1.08. The fraction of sp³-hybridized carbons (Fsp3) is 0.875. The molecule has 3 nitrogen and oxygen atoms in total. The van der Waals surface area contributed by atoms with E-state index < -0.39 is 11.9 Å². The van der Waals surface area contributed by atoms with Crippen molar-refractivity contribution in [3.8, 4) is 0 Å². The molecule has 0 radical (unpaired) electrons. The van der Waals surface area contributed by atoms with Crippen LogP contribution >= 0.6 is 0 Å². The van der Waals surface area contributed by atoms with Crippen molar-refractivity contribution in [2.75, 3.05) is 6.54 Å². The number of aliphatic carboxylic acids is 1. The van der Waals surface area contributed by atoms with Gasteiger partial charge in [-0.05, 0) is 11.8 Å². The maximum absolute atomic E-state index is 10.5. The highest BCUT2D eigenvalue weighted by molar-refractivity contribution is 5.70. The first kappa shape index (κ1) is 10.4. The van der Waals surface area contributed by atoms with Gasteiger partial charge in [0.05, 0.1) is 5.92 Å². The number of carboxylic acid groups (broad SMARTS) is 1. The molecule has 3 heteroatoms. The van der Waals surface area contributed by atoms with E-state index in [2.05, 4.69) is 0 Å². The molecule has 0 aliphatic rings. The largest absolute Gasteiger partial charge is 0.481 e. The van der Waals surface area contributed by atoms with Gasteiger partial charge in [-0.3, -0.25) is 4.79 Å². The molecule has 1 unspecified atom stereocenters. The average molecular weight is 159 g/mol. The van der Waals surface area contributed by atoms with Crippen LogP contribution in [0.5, 0.6) is 0 Å². The third-order valence-electron chi connectivity index (χ3n) is 1.49. The van der Waals surface area contributed by atoms with E-state index in [1.807, 2.05) is 20.8 Å². The Morgan fingerprint density at radius 3 is 2.09 bits per heavy atom. The second-order valence-corrected chi connectivity index (χ2v) is 4.04. The molecule has 0 saturated carbocycles. The summed E-state index contributed by atoms with van der Waals surface area (Å²) in [4.78, 5) is 10.5.